The molecule has 0 heterocycles. The molecular weight excluding hydrogens is 146 g/mol. The van der Waals surface area contributed by atoms with Crippen LogP contribution in [0.5, 0.6) is 0 Å². The summed E-state index contributed by atoms with van der Waals surface area (Å²) in [7, 11) is 0. The molecule has 1 heteroatoms. The number of hydrogen-bond acceptors (Lipinski definition) is 1. The van der Waals surface area contributed by atoms with Crippen molar-refractivity contribution in [1.82, 2.24) is 0 Å². The van der Waals surface area contributed by atoms with Gasteiger partial charge >= 0.3 is 0 Å². The first-order valence-corrected chi connectivity index (χ1v) is 5.06. The van der Waals surface area contributed by atoms with Crippen LogP contribution >= 0.6 is 0 Å². The molecule has 0 bridgehead atoms. The molecule has 12 heavy (non-hydrogen) atoms. The maximum absolute atomic E-state index is 5.35. The molecule has 0 fully saturated rings. The summed E-state index contributed by atoms with van der Waals surface area (Å²) in [4.78, 5) is 0. The molecule has 0 unspecified atom stereocenters. The van der Waals surface area contributed by atoms with Gasteiger partial charge in [-0.25, -0.2) is 0 Å². The normalized spacial score (nSPS) is 9.50. The fraction of sp³-hybridized carbons (Fsp3) is 1.00. The summed E-state index contributed by atoms with van der Waals surface area (Å²) in [6.07, 6.45) is 1.31. The van der Waals surface area contributed by atoms with Crippen LogP contribution in [0.4, 0.5) is 0 Å². The average molecular weight is 175 g/mol. The molecule has 0 saturated carbocycles. The van der Waals surface area contributed by atoms with E-state index in [0.29, 0.717) is 0 Å². The van der Waals surface area contributed by atoms with Gasteiger partial charge in [0.2, 0.25) is 0 Å². The Morgan fingerprint density at radius 2 is 1.17 bits per heavy atom. The van der Waals surface area contributed by atoms with Gasteiger partial charge in [-0.1, -0.05) is 41.0 Å². The Morgan fingerprint density at radius 1 is 1.08 bits per heavy atom. The van der Waals surface area contributed by atoms with E-state index in [-0.39, 0.29) is 5.54 Å². The number of nitrogens with two attached hydrogens (primary N) is 1. The second-order valence-electron chi connectivity index (χ2n) is 4.17. The lowest BCUT2D eigenvalue weighted by Crippen LogP contribution is -2.26. The molecule has 0 atom stereocenters. The van der Waals surface area contributed by atoms with Crippen LogP contribution in [-0.4, -0.2) is 5.54 Å². The number of rotatable bonds is 1. The third-order valence-corrected chi connectivity index (χ3v) is 0.816. The van der Waals surface area contributed by atoms with Gasteiger partial charge in [0.25, 0.3) is 0 Å². The largest absolute Gasteiger partial charge is 0.326 e. The summed E-state index contributed by atoms with van der Waals surface area (Å²) in [5.41, 5.74) is 5.35. The van der Waals surface area contributed by atoms with Gasteiger partial charge < -0.3 is 5.73 Å². The molecule has 0 saturated heterocycles. The fourth-order valence-corrected chi connectivity index (χ4v) is 0. The fourth-order valence-electron chi connectivity index (χ4n) is 0. The molecule has 0 aliphatic carbocycles. The quantitative estimate of drug-likeness (QED) is 0.644. The van der Waals surface area contributed by atoms with Crippen LogP contribution in [0.25, 0.3) is 0 Å². The lowest BCUT2D eigenvalue weighted by Gasteiger charge is -2.06. The monoisotopic (exact) mass is 175 g/mol. The summed E-state index contributed by atoms with van der Waals surface area (Å²) >= 11 is 0. The minimum Gasteiger partial charge on any atom is -0.326 e. The Morgan fingerprint density at radius 3 is 1.17 bits per heavy atom. The predicted octanol–water partition coefficient (Wildman–Crippen LogP) is 3.82. The van der Waals surface area contributed by atoms with E-state index >= 15 is 0 Å². The summed E-state index contributed by atoms with van der Waals surface area (Å²) in [6, 6.07) is 0. The summed E-state index contributed by atoms with van der Waals surface area (Å²) in [5.74, 6) is 0.884. The summed E-state index contributed by atoms with van der Waals surface area (Å²) in [6.45, 7) is 16.5. The highest BCUT2D eigenvalue weighted by Gasteiger charge is 1.95. The van der Waals surface area contributed by atoms with Crippen LogP contribution in [0, 0.1) is 5.92 Å². The van der Waals surface area contributed by atoms with Gasteiger partial charge in [-0.3, -0.25) is 0 Å². The molecule has 2 N–H and O–H groups in total. The standard InChI is InChI=1S/C5H12.C4H11N.C2H6/c1-4-5(2)3;1-4(2,3)5;1-2/h5H,4H2,1-3H3;5H2,1-3H3;1-2H3. The van der Waals surface area contributed by atoms with Crippen LogP contribution in [0.3, 0.4) is 0 Å². The maximum Gasteiger partial charge on any atom is 0.00686 e. The first-order valence-electron chi connectivity index (χ1n) is 5.06. The number of hydrogen-bond donors (Lipinski definition) is 1. The molecule has 78 valence electrons. The minimum absolute atomic E-state index is 0. The van der Waals surface area contributed by atoms with Crippen molar-refractivity contribution >= 4 is 0 Å². The Kier molecular flexibility index (Phi) is 16.3. The second-order valence-corrected chi connectivity index (χ2v) is 4.17. The third kappa shape index (κ3) is 208. The zero-order valence-corrected chi connectivity index (χ0v) is 10.4. The second kappa shape index (κ2) is 11.0. The van der Waals surface area contributed by atoms with E-state index in [1.165, 1.54) is 6.42 Å². The van der Waals surface area contributed by atoms with E-state index < -0.39 is 0 Å². The van der Waals surface area contributed by atoms with Gasteiger partial charge in [0.1, 0.15) is 0 Å². The van der Waals surface area contributed by atoms with Crippen molar-refractivity contribution in [3.05, 3.63) is 0 Å². The Labute approximate surface area is 79.7 Å². The zero-order chi connectivity index (χ0) is 10.8. The van der Waals surface area contributed by atoms with Crippen molar-refractivity contribution in [2.45, 2.75) is 67.3 Å². The minimum atomic E-state index is 0. The first-order chi connectivity index (χ1) is 5.27. The highest BCUT2D eigenvalue weighted by Crippen LogP contribution is 1.93. The van der Waals surface area contributed by atoms with Gasteiger partial charge in [0.05, 0.1) is 0 Å². The van der Waals surface area contributed by atoms with Gasteiger partial charge in [0.15, 0.2) is 0 Å². The highest BCUT2D eigenvalue weighted by atomic mass is 14.7. The molecule has 0 aliphatic heterocycles. The molecular formula is C11H29N. The Bertz CT molecular complexity index is 53.9. The van der Waals surface area contributed by atoms with Crippen molar-refractivity contribution in [3.63, 3.8) is 0 Å². The van der Waals surface area contributed by atoms with Crippen molar-refractivity contribution in [1.29, 1.82) is 0 Å². The average Bonchev–Trinajstić information content (AvgIpc) is 1.89. The first kappa shape index (κ1) is 17.9. The van der Waals surface area contributed by atoms with Crippen LogP contribution < -0.4 is 5.73 Å². The third-order valence-electron chi connectivity index (χ3n) is 0.816. The van der Waals surface area contributed by atoms with E-state index in [9.17, 15) is 0 Å². The van der Waals surface area contributed by atoms with Crippen molar-refractivity contribution in [3.8, 4) is 0 Å². The molecule has 0 rings (SSSR count). The van der Waals surface area contributed by atoms with Crippen LogP contribution in [0.1, 0.15) is 61.8 Å². The molecule has 1 nitrogen and oxygen atoms in total. The lowest BCUT2D eigenvalue weighted by atomic mass is 10.1. The van der Waals surface area contributed by atoms with Crippen molar-refractivity contribution in [2.75, 3.05) is 0 Å². The molecule has 0 aromatic heterocycles. The van der Waals surface area contributed by atoms with Crippen LogP contribution in [-0.2, 0) is 0 Å². The van der Waals surface area contributed by atoms with Crippen LogP contribution in [0.2, 0.25) is 0 Å². The zero-order valence-electron chi connectivity index (χ0n) is 10.4. The smallest absolute Gasteiger partial charge is 0.00686 e. The SMILES string of the molecule is CC.CC(C)(C)N.CCC(C)C. The van der Waals surface area contributed by atoms with Crippen molar-refractivity contribution in [2.24, 2.45) is 11.7 Å². The van der Waals surface area contributed by atoms with Gasteiger partial charge in [0, 0.05) is 5.54 Å². The van der Waals surface area contributed by atoms with Gasteiger partial charge in [-0.05, 0) is 26.7 Å². The summed E-state index contributed by atoms with van der Waals surface area (Å²) < 4.78 is 0. The van der Waals surface area contributed by atoms with Crippen molar-refractivity contribution < 1.29 is 0 Å². The predicted molar refractivity (Wildman–Crippen MR) is 60.4 cm³/mol. The Hall–Kier alpha value is -0.0400. The molecule has 0 aliphatic rings. The molecule has 0 aromatic rings. The molecule has 0 radical (unpaired) electrons. The van der Waals surface area contributed by atoms with Crippen LogP contribution in [0.15, 0.2) is 0 Å². The van der Waals surface area contributed by atoms with E-state index in [4.69, 9.17) is 5.73 Å². The van der Waals surface area contributed by atoms with E-state index in [1.54, 1.807) is 0 Å². The van der Waals surface area contributed by atoms with E-state index in [2.05, 4.69) is 20.8 Å². The van der Waals surface area contributed by atoms with Gasteiger partial charge in [-0.2, -0.15) is 0 Å². The lowest BCUT2D eigenvalue weighted by molar-refractivity contribution is 0.580. The van der Waals surface area contributed by atoms with E-state index in [1.807, 2.05) is 34.6 Å². The highest BCUT2D eigenvalue weighted by molar-refractivity contribution is 4.60. The molecule has 0 aromatic carbocycles. The molecule has 0 amide bonds. The maximum atomic E-state index is 5.35. The Balaban J connectivity index is -0.000000112. The van der Waals surface area contributed by atoms with Gasteiger partial charge in [-0.15, -0.1) is 0 Å². The topological polar surface area (TPSA) is 26.0 Å². The van der Waals surface area contributed by atoms with E-state index in [0.717, 1.165) is 5.92 Å². The summed E-state index contributed by atoms with van der Waals surface area (Å²) in [5, 5.41) is 0. The molecule has 0 spiro atoms.